The molecule has 0 radical (unpaired) electrons. The molecule has 2 atom stereocenters. The fourth-order valence-corrected chi connectivity index (χ4v) is 6.88. The Morgan fingerprint density at radius 3 is 2.51 bits per heavy atom. The molecule has 2 spiro atoms. The number of fused-ring (bicyclic) bond motifs is 5. The van der Waals surface area contributed by atoms with Gasteiger partial charge >= 0.3 is 0 Å². The van der Waals surface area contributed by atoms with Gasteiger partial charge in [-0.3, -0.25) is 4.99 Å². The van der Waals surface area contributed by atoms with Gasteiger partial charge in [0.25, 0.3) is 0 Å². The van der Waals surface area contributed by atoms with E-state index in [9.17, 15) is 5.26 Å². The van der Waals surface area contributed by atoms with Crippen molar-refractivity contribution in [1.82, 2.24) is 0 Å². The Balaban J connectivity index is 1.59. The summed E-state index contributed by atoms with van der Waals surface area (Å²) in [7, 11) is 1.85. The monoisotopic (exact) mass is 462 g/mol. The molecule has 0 N–H and O–H groups in total. The lowest BCUT2D eigenvalue weighted by Gasteiger charge is -2.47. The first-order chi connectivity index (χ1) is 17.0. The van der Waals surface area contributed by atoms with Crippen LogP contribution in [-0.4, -0.2) is 18.9 Å². The van der Waals surface area contributed by atoms with Gasteiger partial charge in [-0.05, 0) is 98.2 Å². The second kappa shape index (κ2) is 8.36. The number of hydrogen-bond acceptors (Lipinski definition) is 3. The summed E-state index contributed by atoms with van der Waals surface area (Å²) >= 11 is 0. The number of ether oxygens (including phenoxy) is 1. The predicted molar refractivity (Wildman–Crippen MR) is 139 cm³/mol. The highest BCUT2D eigenvalue weighted by Crippen LogP contribution is 2.65. The SMILES string of the molecule is CCC(C)C1=NC2(c3cc(C#CC4CC4)ccc3CC23CCC(OC)CC3)c2ccc(C#N)cc21. The third kappa shape index (κ3) is 3.40. The lowest BCUT2D eigenvalue weighted by molar-refractivity contribution is 0.00681. The van der Waals surface area contributed by atoms with Gasteiger partial charge in [0, 0.05) is 35.3 Å². The second-order valence-electron chi connectivity index (χ2n) is 11.2. The Kier molecular flexibility index (Phi) is 5.39. The fraction of sp³-hybridized carbons (Fsp3) is 0.500. The number of nitriles is 1. The van der Waals surface area contributed by atoms with Crippen molar-refractivity contribution < 1.29 is 4.74 Å². The summed E-state index contributed by atoms with van der Waals surface area (Å²) in [5.41, 5.74) is 7.89. The third-order valence-electron chi connectivity index (χ3n) is 9.20. The molecule has 2 fully saturated rings. The maximum absolute atomic E-state index is 9.69. The molecule has 0 amide bonds. The molecule has 3 heteroatoms. The minimum Gasteiger partial charge on any atom is -0.381 e. The van der Waals surface area contributed by atoms with Crippen molar-refractivity contribution in [3.05, 3.63) is 69.8 Å². The molecule has 1 aliphatic heterocycles. The van der Waals surface area contributed by atoms with Crippen LogP contribution in [0.5, 0.6) is 0 Å². The Hall–Kier alpha value is -2.88. The molecule has 2 aromatic carbocycles. The van der Waals surface area contributed by atoms with Gasteiger partial charge in [-0.1, -0.05) is 37.8 Å². The van der Waals surface area contributed by atoms with Crippen LogP contribution < -0.4 is 0 Å². The zero-order valence-electron chi connectivity index (χ0n) is 21.2. The Labute approximate surface area is 209 Å². The van der Waals surface area contributed by atoms with Crippen LogP contribution in [0, 0.1) is 40.4 Å². The summed E-state index contributed by atoms with van der Waals surface area (Å²) in [6, 6.07) is 15.6. The summed E-state index contributed by atoms with van der Waals surface area (Å²) in [5.74, 6) is 7.86. The molecule has 2 unspecified atom stereocenters. The number of nitrogens with zero attached hydrogens (tertiary/aromatic N) is 2. The van der Waals surface area contributed by atoms with Gasteiger partial charge in [0.2, 0.25) is 0 Å². The number of benzene rings is 2. The van der Waals surface area contributed by atoms with Crippen LogP contribution >= 0.6 is 0 Å². The topological polar surface area (TPSA) is 45.4 Å². The smallest absolute Gasteiger partial charge is 0.118 e. The minimum absolute atomic E-state index is 0.0328. The van der Waals surface area contributed by atoms with Gasteiger partial charge in [-0.2, -0.15) is 5.26 Å². The van der Waals surface area contributed by atoms with Crippen LogP contribution in [0.1, 0.15) is 92.2 Å². The molecule has 3 nitrogen and oxygen atoms in total. The maximum Gasteiger partial charge on any atom is 0.118 e. The van der Waals surface area contributed by atoms with Crippen molar-refractivity contribution in [3.8, 4) is 17.9 Å². The Bertz CT molecular complexity index is 1310. The lowest BCUT2D eigenvalue weighted by Crippen LogP contribution is -2.45. The first-order valence-electron chi connectivity index (χ1n) is 13.4. The van der Waals surface area contributed by atoms with Crippen LogP contribution in [-0.2, 0) is 16.7 Å². The Morgan fingerprint density at radius 1 is 1.06 bits per heavy atom. The first-order valence-corrected chi connectivity index (χ1v) is 13.4. The zero-order chi connectivity index (χ0) is 24.2. The van der Waals surface area contributed by atoms with Gasteiger partial charge in [0.05, 0.1) is 17.7 Å². The van der Waals surface area contributed by atoms with Gasteiger partial charge in [0.1, 0.15) is 5.54 Å². The molecule has 0 aromatic heterocycles. The van der Waals surface area contributed by atoms with Crippen molar-refractivity contribution in [3.63, 3.8) is 0 Å². The van der Waals surface area contributed by atoms with Crippen molar-refractivity contribution in [2.75, 3.05) is 7.11 Å². The lowest BCUT2D eigenvalue weighted by atomic mass is 9.59. The van der Waals surface area contributed by atoms with Crippen LogP contribution in [0.25, 0.3) is 0 Å². The van der Waals surface area contributed by atoms with Gasteiger partial charge < -0.3 is 4.74 Å². The molecule has 0 bridgehead atoms. The third-order valence-corrected chi connectivity index (χ3v) is 9.20. The van der Waals surface area contributed by atoms with Crippen molar-refractivity contribution in [2.45, 2.75) is 76.9 Å². The van der Waals surface area contributed by atoms with E-state index in [0.29, 0.717) is 17.9 Å². The highest BCUT2D eigenvalue weighted by molar-refractivity contribution is 6.07. The van der Waals surface area contributed by atoms with E-state index in [-0.39, 0.29) is 5.41 Å². The van der Waals surface area contributed by atoms with E-state index in [1.807, 2.05) is 13.2 Å². The molecule has 4 aliphatic rings. The zero-order valence-corrected chi connectivity index (χ0v) is 21.2. The van der Waals surface area contributed by atoms with Crippen LogP contribution in [0.15, 0.2) is 41.4 Å². The van der Waals surface area contributed by atoms with Gasteiger partial charge in [-0.25, -0.2) is 0 Å². The van der Waals surface area contributed by atoms with E-state index >= 15 is 0 Å². The summed E-state index contributed by atoms with van der Waals surface area (Å²) in [6.45, 7) is 4.52. The van der Waals surface area contributed by atoms with E-state index in [2.05, 4.69) is 62.1 Å². The first kappa shape index (κ1) is 22.6. The number of methoxy groups -OCH3 is 1. The molecular formula is C32H34N2O. The molecule has 1 heterocycles. The van der Waals surface area contributed by atoms with E-state index in [4.69, 9.17) is 9.73 Å². The van der Waals surface area contributed by atoms with Gasteiger partial charge in [0.15, 0.2) is 0 Å². The number of aliphatic imine (C=N–C) groups is 1. The molecular weight excluding hydrogens is 428 g/mol. The predicted octanol–water partition coefficient (Wildman–Crippen LogP) is 6.54. The molecule has 2 aromatic rings. The fourth-order valence-electron chi connectivity index (χ4n) is 6.88. The van der Waals surface area contributed by atoms with Crippen molar-refractivity contribution >= 4 is 5.71 Å². The average Bonchev–Trinajstić information content (AvgIpc) is 3.62. The molecule has 3 aliphatic carbocycles. The molecule has 6 rings (SSSR count). The van der Waals surface area contributed by atoms with Crippen molar-refractivity contribution in [1.29, 1.82) is 5.26 Å². The highest BCUT2D eigenvalue weighted by atomic mass is 16.5. The molecule has 2 saturated carbocycles. The number of hydrogen-bond donors (Lipinski definition) is 0. The van der Waals surface area contributed by atoms with Crippen LogP contribution in [0.3, 0.4) is 0 Å². The average molecular weight is 463 g/mol. The van der Waals surface area contributed by atoms with Crippen molar-refractivity contribution in [2.24, 2.45) is 22.2 Å². The molecule has 35 heavy (non-hydrogen) atoms. The summed E-state index contributed by atoms with van der Waals surface area (Å²) in [6.07, 6.45) is 9.23. The largest absolute Gasteiger partial charge is 0.381 e. The Morgan fingerprint density at radius 2 is 1.83 bits per heavy atom. The summed E-state index contributed by atoms with van der Waals surface area (Å²) in [4.78, 5) is 5.77. The van der Waals surface area contributed by atoms with E-state index in [1.165, 1.54) is 40.8 Å². The van der Waals surface area contributed by atoms with Crippen LogP contribution in [0.2, 0.25) is 0 Å². The number of rotatable bonds is 3. The van der Waals surface area contributed by atoms with Gasteiger partial charge in [-0.15, -0.1) is 0 Å². The second-order valence-corrected chi connectivity index (χ2v) is 11.2. The van der Waals surface area contributed by atoms with E-state index < -0.39 is 5.54 Å². The van der Waals surface area contributed by atoms with E-state index in [0.717, 1.165) is 49.7 Å². The highest BCUT2D eigenvalue weighted by Gasteiger charge is 2.62. The maximum atomic E-state index is 9.69. The van der Waals surface area contributed by atoms with Crippen LogP contribution in [0.4, 0.5) is 0 Å². The molecule has 178 valence electrons. The standard InChI is InChI=1S/C32H34N2O/c1-4-21(2)30-27-17-24(20-33)10-12-28(27)32(34-30)29-18-23(8-7-22-5-6-22)9-11-25(29)19-31(32)15-13-26(35-3)14-16-31/h9-12,17-18,21-22,26H,4-6,13-16,19H2,1-3H3. The summed E-state index contributed by atoms with van der Waals surface area (Å²) in [5, 5.41) is 9.69. The summed E-state index contributed by atoms with van der Waals surface area (Å²) < 4.78 is 5.79. The minimum atomic E-state index is -0.402. The van der Waals surface area contributed by atoms with E-state index in [1.54, 1.807) is 0 Å². The molecule has 0 saturated heterocycles. The quantitative estimate of drug-likeness (QED) is 0.486. The normalized spacial score (nSPS) is 29.2.